The molecule has 0 saturated carbocycles. The number of benzene rings is 16. The van der Waals surface area contributed by atoms with E-state index in [0.717, 1.165) is 107 Å². The van der Waals surface area contributed by atoms with Crippen molar-refractivity contribution < 1.29 is 18.3 Å². The van der Waals surface area contributed by atoms with Crippen molar-refractivity contribution in [1.82, 2.24) is 0 Å². The van der Waals surface area contributed by atoms with Crippen LogP contribution in [0.5, 0.6) is 23.0 Å². The summed E-state index contributed by atoms with van der Waals surface area (Å²) in [7, 11) is 0. The summed E-state index contributed by atoms with van der Waals surface area (Å²) in [6.07, 6.45) is 0. The summed E-state index contributed by atoms with van der Waals surface area (Å²) >= 11 is 6.43. The molecule has 2 aromatic heterocycles. The van der Waals surface area contributed by atoms with Gasteiger partial charge in [-0.15, -0.1) is 0 Å². The van der Waals surface area contributed by atoms with Crippen molar-refractivity contribution in [2.75, 3.05) is 10.2 Å². The van der Waals surface area contributed by atoms with Gasteiger partial charge in [0, 0.05) is 66.2 Å². The van der Waals surface area contributed by atoms with E-state index in [4.69, 9.17) is 29.9 Å². The maximum absolute atomic E-state index is 6.96. The molecule has 8 aliphatic rings. The van der Waals surface area contributed by atoms with E-state index in [0.29, 0.717) is 0 Å². The topological polar surface area (TPSA) is 60.0 Å². The van der Waals surface area contributed by atoms with Crippen molar-refractivity contribution >= 4 is 62.0 Å². The fourth-order valence-electron chi connectivity index (χ4n) is 22.5. The van der Waals surface area contributed by atoms with E-state index < -0.39 is 10.8 Å². The minimum absolute atomic E-state index is 0.0184. The number of furan rings is 2. The van der Waals surface area contributed by atoms with Gasteiger partial charge in [-0.25, -0.2) is 0 Å². The zero-order valence-corrected chi connectivity index (χ0v) is 69.2. The molecule has 4 heterocycles. The summed E-state index contributed by atoms with van der Waals surface area (Å²) in [4.78, 5) is 2.48. The largest absolute Gasteiger partial charge is 0.455 e. The molecule has 6 nitrogen and oxygen atoms in total. The number of anilines is 5. The number of rotatable bonds is 5. The van der Waals surface area contributed by atoms with E-state index in [2.05, 4.69) is 369 Å². The average Bonchev–Trinajstić information content (AvgIpc) is 1.52. The standard InChI is InChI=1S/C57H41NO2.C30H27N.C27H15ClO2/c1-55(2)45-20-10-6-16-38(45)42-31-34(26-29-46(42)55)58(36-25-28-40-37-15-5-9-19-44(37)56(3,4)50(40)33-36)35-27-30-48-43(32-35)39-17-7-11-21-47(39)57(48)49-22-12-14-24-52(49)59-53-41-18-8-13-23-51(41)60-54(53)57;1-29(2)26-12-8-6-10-22(26)24-17-19(14-16-27(24)29)31-20-13-15-23-21-9-5-7-11-25(21)30(3,4)28(23)18-20;28-16-13-14-21-19(15-16)17-7-1-3-9-20(17)27(21)22-10-4-6-12-24(22)29-25-18-8-2-5-11-23(18)30-26(25)27/h5-33H,1-4H3;5-18,31H,1-4H3;1-15H. The third-order valence-corrected chi connectivity index (χ3v) is 28.4. The molecule has 1 N–H and O–H groups in total. The number of fused-ring (bicyclic) bond motifs is 34. The number of para-hydroxylation sites is 4. The molecule has 121 heavy (non-hydrogen) atoms. The summed E-state index contributed by atoms with van der Waals surface area (Å²) in [5.74, 6) is 4.96. The molecule has 0 bridgehead atoms. The third kappa shape index (κ3) is 9.82. The zero-order chi connectivity index (χ0) is 81.4. The van der Waals surface area contributed by atoms with Gasteiger partial charge in [0.2, 0.25) is 0 Å². The molecule has 16 aromatic carbocycles. The van der Waals surface area contributed by atoms with Crippen molar-refractivity contribution in [3.8, 4) is 89.8 Å². The summed E-state index contributed by atoms with van der Waals surface area (Å²) in [6.45, 7) is 18.7. The molecule has 2 spiro atoms. The van der Waals surface area contributed by atoms with Crippen LogP contribution < -0.4 is 19.7 Å². The van der Waals surface area contributed by atoms with Crippen molar-refractivity contribution in [3.05, 3.63) is 446 Å². The molecule has 7 heteroatoms. The van der Waals surface area contributed by atoms with Crippen LogP contribution >= 0.6 is 11.6 Å². The molecule has 580 valence electrons. The predicted octanol–water partition coefficient (Wildman–Crippen LogP) is 30.6. The molecule has 0 radical (unpaired) electrons. The molecular formula is C114H83ClN2O4. The number of ether oxygens (including phenoxy) is 2. The Morgan fingerprint density at radius 3 is 1.03 bits per heavy atom. The second-order valence-corrected chi connectivity index (χ2v) is 36.3. The van der Waals surface area contributed by atoms with E-state index in [1.165, 1.54) is 128 Å². The second kappa shape index (κ2) is 25.6. The Bertz CT molecular complexity index is 7510. The van der Waals surface area contributed by atoms with Gasteiger partial charge in [0.15, 0.2) is 23.0 Å². The molecule has 0 fully saturated rings. The first-order valence-electron chi connectivity index (χ1n) is 42.2. The van der Waals surface area contributed by atoms with E-state index >= 15 is 0 Å². The van der Waals surface area contributed by atoms with Crippen molar-refractivity contribution in [1.29, 1.82) is 0 Å². The average molecular weight is 1580 g/mol. The quantitative estimate of drug-likeness (QED) is 0.185. The highest BCUT2D eigenvalue weighted by atomic mass is 35.5. The number of halogens is 1. The highest BCUT2D eigenvalue weighted by molar-refractivity contribution is 6.31. The van der Waals surface area contributed by atoms with Crippen molar-refractivity contribution in [2.45, 2.75) is 87.9 Å². The number of nitrogens with zero attached hydrogens (tertiary/aromatic N) is 1. The van der Waals surface area contributed by atoms with E-state index in [1.807, 2.05) is 48.5 Å². The lowest BCUT2D eigenvalue weighted by molar-refractivity contribution is 0.389. The maximum atomic E-state index is 6.96. The monoisotopic (exact) mass is 1580 g/mol. The lowest BCUT2D eigenvalue weighted by atomic mass is 9.69. The molecule has 26 rings (SSSR count). The highest BCUT2D eigenvalue weighted by Crippen LogP contribution is 2.67. The smallest absolute Gasteiger partial charge is 0.178 e. The van der Waals surface area contributed by atoms with Crippen LogP contribution in [-0.2, 0) is 32.5 Å². The molecule has 2 aliphatic heterocycles. The Hall–Kier alpha value is -13.9. The Balaban J connectivity index is 0.000000114. The molecule has 18 aromatic rings. The zero-order valence-electron chi connectivity index (χ0n) is 68.4. The maximum Gasteiger partial charge on any atom is 0.178 e. The van der Waals surface area contributed by atoms with E-state index in [-0.39, 0.29) is 21.7 Å². The van der Waals surface area contributed by atoms with Crippen molar-refractivity contribution in [3.63, 3.8) is 0 Å². The minimum Gasteiger partial charge on any atom is -0.455 e. The number of hydrogen-bond donors (Lipinski definition) is 1. The Kier molecular flexibility index (Phi) is 15.0. The highest BCUT2D eigenvalue weighted by Gasteiger charge is 2.57. The molecule has 2 atom stereocenters. The van der Waals surface area contributed by atoms with Gasteiger partial charge in [0.1, 0.15) is 33.5 Å². The first-order chi connectivity index (χ1) is 58.9. The molecular weight excluding hydrogens is 1500 g/mol. The Morgan fingerprint density at radius 1 is 0.240 bits per heavy atom. The fourth-order valence-corrected chi connectivity index (χ4v) is 22.7. The van der Waals surface area contributed by atoms with Gasteiger partial charge < -0.3 is 28.5 Å². The summed E-state index contributed by atoms with van der Waals surface area (Å²) in [5.41, 5.74) is 39.3. The first kappa shape index (κ1) is 71.2. The molecule has 0 saturated heterocycles. The van der Waals surface area contributed by atoms with Crippen LogP contribution in [0.4, 0.5) is 28.4 Å². The fraction of sp³-hybridized carbons (Fsp3) is 0.123. The van der Waals surface area contributed by atoms with Gasteiger partial charge in [0.25, 0.3) is 0 Å². The summed E-state index contributed by atoms with van der Waals surface area (Å²) in [5, 5.41) is 6.39. The Labute approximate surface area is 709 Å². The van der Waals surface area contributed by atoms with Gasteiger partial charge in [-0.2, -0.15) is 0 Å². The summed E-state index contributed by atoms with van der Waals surface area (Å²) < 4.78 is 26.8. The lowest BCUT2D eigenvalue weighted by Gasteiger charge is -2.36. The number of hydrogen-bond acceptors (Lipinski definition) is 6. The predicted molar refractivity (Wildman–Crippen MR) is 493 cm³/mol. The van der Waals surface area contributed by atoms with Crippen LogP contribution in [0.25, 0.3) is 88.7 Å². The second-order valence-electron chi connectivity index (χ2n) is 35.8. The van der Waals surface area contributed by atoms with E-state index in [1.54, 1.807) is 0 Å². The van der Waals surface area contributed by atoms with Crippen LogP contribution in [0.15, 0.2) is 361 Å². The SMILES string of the molecule is CC1(C)c2ccccc2-c2cc(N(c3ccc4c(c3)-c3ccccc3C43c4ccccc4Oc4c3oc3ccccc43)c3ccc4c(c3)C(C)(C)c3ccccc3-4)ccc21.CC1(C)c2ccccc2-c2cc(Nc3ccc4c(c3)C(C)(C)c3ccccc3-4)ccc21.Clc1ccc2c(c1)-c1ccccc1C21c2ccccc2Oc2c1oc1ccccc21. The van der Waals surface area contributed by atoms with Crippen LogP contribution in [0.3, 0.4) is 0 Å². The van der Waals surface area contributed by atoms with Crippen LogP contribution in [0.1, 0.15) is 145 Å². The van der Waals surface area contributed by atoms with Crippen LogP contribution in [-0.4, -0.2) is 0 Å². The van der Waals surface area contributed by atoms with Gasteiger partial charge >= 0.3 is 0 Å². The van der Waals surface area contributed by atoms with Gasteiger partial charge in [-0.3, -0.25) is 0 Å². The Morgan fingerprint density at radius 2 is 0.537 bits per heavy atom. The third-order valence-electron chi connectivity index (χ3n) is 28.2. The molecule has 0 amide bonds. The summed E-state index contributed by atoms with van der Waals surface area (Å²) in [6, 6.07) is 127. The van der Waals surface area contributed by atoms with Crippen LogP contribution in [0, 0.1) is 0 Å². The first-order valence-corrected chi connectivity index (χ1v) is 42.6. The lowest BCUT2D eigenvalue weighted by Crippen LogP contribution is -2.31. The van der Waals surface area contributed by atoms with Gasteiger partial charge in [-0.1, -0.05) is 310 Å². The normalized spacial score (nSPS) is 17.3. The number of nitrogens with one attached hydrogen (secondary N) is 1. The van der Waals surface area contributed by atoms with Crippen molar-refractivity contribution in [2.24, 2.45) is 0 Å². The van der Waals surface area contributed by atoms with Crippen LogP contribution in [0.2, 0.25) is 5.02 Å². The minimum atomic E-state index is -0.704. The van der Waals surface area contributed by atoms with E-state index in [9.17, 15) is 0 Å². The van der Waals surface area contributed by atoms with Gasteiger partial charge in [-0.05, 0) is 243 Å². The molecule has 2 unspecified atom stereocenters. The molecule has 6 aliphatic carbocycles. The van der Waals surface area contributed by atoms with Gasteiger partial charge in [0.05, 0.1) is 10.8 Å².